The maximum Gasteiger partial charge on any atom is 0.355 e. The average molecular weight is 541 g/mol. The van der Waals surface area contributed by atoms with Gasteiger partial charge in [0.05, 0.1) is 28.3 Å². The lowest BCUT2D eigenvalue weighted by molar-refractivity contribution is 0.444. The standard InChI is InChI=1S/C25H19F3N6O3S/c1-12-6-19-20(38-13(2)30-19)9-18(12)31-23-32-24(36)34(11-15-4-3-5-29-22(15)35)25(37)33(23)10-14-7-16(26)21(28)17(27)8-14/h3-9H,10-11H2,1-2H3,(H,29,35)(H,31,32,36). The highest BCUT2D eigenvalue weighted by Gasteiger charge is 2.18. The van der Waals surface area contributed by atoms with Crippen molar-refractivity contribution in [1.82, 2.24) is 24.1 Å². The Labute approximate surface area is 215 Å². The van der Waals surface area contributed by atoms with Gasteiger partial charge < -0.3 is 10.3 Å². The van der Waals surface area contributed by atoms with Crippen LogP contribution in [0.1, 0.15) is 21.7 Å². The molecule has 3 aromatic heterocycles. The molecule has 0 radical (unpaired) electrons. The molecule has 2 aromatic carbocycles. The number of rotatable bonds is 6. The third-order valence-corrected chi connectivity index (χ3v) is 6.78. The van der Waals surface area contributed by atoms with E-state index in [1.54, 1.807) is 13.0 Å². The number of aromatic nitrogens is 5. The van der Waals surface area contributed by atoms with E-state index in [2.05, 4.69) is 20.3 Å². The molecule has 5 rings (SSSR count). The molecule has 0 amide bonds. The summed E-state index contributed by atoms with van der Waals surface area (Å²) < 4.78 is 44.0. The topological polar surface area (TPSA) is 115 Å². The number of pyridine rings is 1. The summed E-state index contributed by atoms with van der Waals surface area (Å²) in [6.07, 6.45) is 1.40. The smallest absolute Gasteiger partial charge is 0.329 e. The first-order chi connectivity index (χ1) is 18.1. The van der Waals surface area contributed by atoms with E-state index in [0.29, 0.717) is 5.69 Å². The third-order valence-electron chi connectivity index (χ3n) is 5.85. The first-order valence-electron chi connectivity index (χ1n) is 11.3. The van der Waals surface area contributed by atoms with Crippen molar-refractivity contribution in [2.45, 2.75) is 26.9 Å². The van der Waals surface area contributed by atoms with Crippen LogP contribution in [-0.2, 0) is 13.1 Å². The van der Waals surface area contributed by atoms with Gasteiger partial charge in [0, 0.05) is 17.4 Å². The van der Waals surface area contributed by atoms with Crippen LogP contribution in [0.5, 0.6) is 0 Å². The third kappa shape index (κ3) is 4.75. The van der Waals surface area contributed by atoms with Crippen LogP contribution in [0, 0.1) is 31.3 Å². The predicted molar refractivity (Wildman–Crippen MR) is 137 cm³/mol. The number of hydrogen-bond acceptors (Lipinski definition) is 7. The van der Waals surface area contributed by atoms with Crippen molar-refractivity contribution >= 4 is 33.2 Å². The minimum absolute atomic E-state index is 0.0821. The summed E-state index contributed by atoms with van der Waals surface area (Å²) in [4.78, 5) is 49.5. The average Bonchev–Trinajstić information content (AvgIpc) is 3.22. The molecule has 0 saturated heterocycles. The highest BCUT2D eigenvalue weighted by Crippen LogP contribution is 2.29. The molecule has 0 spiro atoms. The van der Waals surface area contributed by atoms with E-state index in [1.165, 1.54) is 29.7 Å². The van der Waals surface area contributed by atoms with Crippen molar-refractivity contribution in [3.05, 3.63) is 113 Å². The Kier molecular flexibility index (Phi) is 6.45. The normalized spacial score (nSPS) is 11.3. The first kappa shape index (κ1) is 25.1. The number of aryl methyl sites for hydroxylation is 2. The number of fused-ring (bicyclic) bond motifs is 1. The summed E-state index contributed by atoms with van der Waals surface area (Å²) in [6, 6.07) is 8.11. The molecule has 9 nitrogen and oxygen atoms in total. The summed E-state index contributed by atoms with van der Waals surface area (Å²) in [6.45, 7) is 2.82. The molecule has 3 heterocycles. The van der Waals surface area contributed by atoms with Gasteiger partial charge in [-0.05, 0) is 55.3 Å². The zero-order valence-corrected chi connectivity index (χ0v) is 20.8. The van der Waals surface area contributed by atoms with E-state index in [0.717, 1.165) is 42.1 Å². The van der Waals surface area contributed by atoms with Gasteiger partial charge in [0.1, 0.15) is 0 Å². The molecule has 194 valence electrons. The summed E-state index contributed by atoms with van der Waals surface area (Å²) in [5.74, 6) is -4.70. The largest absolute Gasteiger partial charge is 0.355 e. The Balaban J connectivity index is 1.65. The number of anilines is 2. The Morgan fingerprint density at radius 2 is 1.71 bits per heavy atom. The van der Waals surface area contributed by atoms with Crippen LogP contribution >= 0.6 is 11.3 Å². The van der Waals surface area contributed by atoms with Gasteiger partial charge in [0.15, 0.2) is 17.5 Å². The van der Waals surface area contributed by atoms with E-state index >= 15 is 0 Å². The summed E-state index contributed by atoms with van der Waals surface area (Å²) in [5, 5.41) is 3.83. The van der Waals surface area contributed by atoms with Crippen LogP contribution in [0.25, 0.3) is 10.2 Å². The molecule has 0 unspecified atom stereocenters. The second kappa shape index (κ2) is 9.74. The lowest BCUT2D eigenvalue weighted by atomic mass is 10.2. The lowest BCUT2D eigenvalue weighted by Crippen LogP contribution is -2.43. The van der Waals surface area contributed by atoms with Crippen LogP contribution in [0.3, 0.4) is 0 Å². The van der Waals surface area contributed by atoms with Gasteiger partial charge in [-0.2, -0.15) is 4.98 Å². The second-order valence-electron chi connectivity index (χ2n) is 8.56. The minimum Gasteiger partial charge on any atom is -0.329 e. The van der Waals surface area contributed by atoms with Gasteiger partial charge >= 0.3 is 11.4 Å². The quantitative estimate of drug-likeness (QED) is 0.318. The molecule has 13 heteroatoms. The van der Waals surface area contributed by atoms with Crippen LogP contribution in [0.2, 0.25) is 0 Å². The Hall–Kier alpha value is -4.52. The van der Waals surface area contributed by atoms with Crippen LogP contribution < -0.4 is 22.3 Å². The summed E-state index contributed by atoms with van der Waals surface area (Å²) in [7, 11) is 0. The zero-order valence-electron chi connectivity index (χ0n) is 20.0. The predicted octanol–water partition coefficient (Wildman–Crippen LogP) is 3.58. The van der Waals surface area contributed by atoms with Crippen molar-refractivity contribution < 1.29 is 13.2 Å². The SMILES string of the molecule is Cc1nc2cc(C)c(Nc3nc(=O)n(Cc4ccc[nH]c4=O)c(=O)n3Cc3cc(F)c(F)c(F)c3)cc2s1. The van der Waals surface area contributed by atoms with Crippen molar-refractivity contribution in [3.63, 3.8) is 0 Å². The van der Waals surface area contributed by atoms with E-state index in [-0.39, 0.29) is 17.1 Å². The monoisotopic (exact) mass is 540 g/mol. The maximum atomic E-state index is 13.9. The van der Waals surface area contributed by atoms with Gasteiger partial charge in [-0.1, -0.05) is 6.07 Å². The molecule has 5 aromatic rings. The van der Waals surface area contributed by atoms with Gasteiger partial charge in [-0.15, -0.1) is 11.3 Å². The number of halogens is 3. The molecule has 0 atom stereocenters. The highest BCUT2D eigenvalue weighted by molar-refractivity contribution is 7.18. The lowest BCUT2D eigenvalue weighted by Gasteiger charge is -2.17. The zero-order chi connectivity index (χ0) is 27.1. The fraction of sp³-hybridized carbons (Fsp3) is 0.160. The number of benzene rings is 2. The molecule has 0 saturated carbocycles. The number of nitrogens with zero attached hydrogens (tertiary/aromatic N) is 4. The number of aromatic amines is 1. The van der Waals surface area contributed by atoms with Gasteiger partial charge in [-0.25, -0.2) is 32.3 Å². The van der Waals surface area contributed by atoms with Crippen LogP contribution in [0.15, 0.2) is 57.0 Å². The van der Waals surface area contributed by atoms with E-state index < -0.39 is 47.5 Å². The van der Waals surface area contributed by atoms with Crippen molar-refractivity contribution in [1.29, 1.82) is 0 Å². The van der Waals surface area contributed by atoms with Gasteiger partial charge in [-0.3, -0.25) is 9.36 Å². The maximum absolute atomic E-state index is 13.9. The number of hydrogen-bond donors (Lipinski definition) is 2. The van der Waals surface area contributed by atoms with Crippen LogP contribution in [-0.4, -0.2) is 24.1 Å². The van der Waals surface area contributed by atoms with Gasteiger partial charge in [0.2, 0.25) is 5.95 Å². The first-order valence-corrected chi connectivity index (χ1v) is 12.1. The van der Waals surface area contributed by atoms with E-state index in [4.69, 9.17) is 0 Å². The molecule has 2 N–H and O–H groups in total. The number of H-pyrrole nitrogens is 1. The summed E-state index contributed by atoms with van der Waals surface area (Å²) >= 11 is 1.45. The molecule has 0 aliphatic rings. The molecule has 0 bridgehead atoms. The van der Waals surface area contributed by atoms with Crippen molar-refractivity contribution in [2.24, 2.45) is 0 Å². The molecule has 0 aliphatic heterocycles. The Bertz CT molecular complexity index is 1870. The molecule has 0 fully saturated rings. The fourth-order valence-electron chi connectivity index (χ4n) is 3.98. The van der Waals surface area contributed by atoms with Crippen LogP contribution in [0.4, 0.5) is 24.8 Å². The molecular weight excluding hydrogens is 521 g/mol. The molecular formula is C25H19F3N6O3S. The molecule has 0 aliphatic carbocycles. The Morgan fingerprint density at radius 3 is 2.42 bits per heavy atom. The Morgan fingerprint density at radius 1 is 0.974 bits per heavy atom. The highest BCUT2D eigenvalue weighted by atomic mass is 32.1. The molecule has 38 heavy (non-hydrogen) atoms. The van der Waals surface area contributed by atoms with Gasteiger partial charge in [0.25, 0.3) is 5.56 Å². The second-order valence-corrected chi connectivity index (χ2v) is 9.80. The van der Waals surface area contributed by atoms with E-state index in [1.807, 2.05) is 13.0 Å². The fourth-order valence-corrected chi connectivity index (χ4v) is 4.83. The van der Waals surface area contributed by atoms with Crippen molar-refractivity contribution in [3.8, 4) is 0 Å². The van der Waals surface area contributed by atoms with E-state index in [9.17, 15) is 27.6 Å². The summed E-state index contributed by atoms with van der Waals surface area (Å²) in [5.41, 5.74) is -0.255. The number of nitrogens with one attached hydrogen (secondary N) is 2. The van der Waals surface area contributed by atoms with Crippen molar-refractivity contribution in [2.75, 3.05) is 5.32 Å². The number of thiazole rings is 1. The minimum atomic E-state index is -1.64.